The molecule has 27 heavy (non-hydrogen) atoms. The van der Waals surface area contributed by atoms with Crippen molar-refractivity contribution >= 4 is 21.5 Å². The highest BCUT2D eigenvalue weighted by Crippen LogP contribution is 2.12. The summed E-state index contributed by atoms with van der Waals surface area (Å²) in [7, 11) is -1.86. The average Bonchev–Trinajstić information content (AvgIpc) is 2.66. The molecule has 1 aliphatic carbocycles. The Morgan fingerprint density at radius 1 is 1.19 bits per heavy atom. The molecule has 0 spiro atoms. The van der Waals surface area contributed by atoms with Gasteiger partial charge in [0.25, 0.3) is 0 Å². The molecule has 0 bridgehead atoms. The van der Waals surface area contributed by atoms with Crippen molar-refractivity contribution in [2.75, 3.05) is 33.1 Å². The lowest BCUT2D eigenvalue weighted by Gasteiger charge is -2.10. The molecule has 1 aromatic carbocycles. The molecule has 0 saturated heterocycles. The summed E-state index contributed by atoms with van der Waals surface area (Å²) in [5.41, 5.74) is 1.81. The van der Waals surface area contributed by atoms with E-state index in [0.717, 1.165) is 11.3 Å². The zero-order valence-electron chi connectivity index (χ0n) is 15.4. The van der Waals surface area contributed by atoms with Crippen molar-refractivity contribution in [1.29, 1.82) is 0 Å². The lowest BCUT2D eigenvalue weighted by molar-refractivity contribution is -0.144. The van der Waals surface area contributed by atoms with Crippen LogP contribution in [0.1, 0.15) is 12.0 Å². The first-order chi connectivity index (χ1) is 12.9. The predicted octanol–water partition coefficient (Wildman–Crippen LogP) is 2.08. The van der Waals surface area contributed by atoms with Crippen molar-refractivity contribution < 1.29 is 27.4 Å². The van der Waals surface area contributed by atoms with Gasteiger partial charge >= 0.3 is 5.97 Å². The molecule has 2 rings (SSSR count). The Labute approximate surface area is 159 Å². The van der Waals surface area contributed by atoms with Gasteiger partial charge in [-0.15, -0.1) is 0 Å². The molecule has 0 amide bonds. The van der Waals surface area contributed by atoms with Gasteiger partial charge in [0.1, 0.15) is 5.76 Å². The summed E-state index contributed by atoms with van der Waals surface area (Å²) in [5, 5.41) is 0. The van der Waals surface area contributed by atoms with E-state index in [-0.39, 0.29) is 6.61 Å². The van der Waals surface area contributed by atoms with E-state index in [2.05, 4.69) is 9.73 Å². The summed E-state index contributed by atoms with van der Waals surface area (Å²) >= 11 is 0. The van der Waals surface area contributed by atoms with Crippen molar-refractivity contribution in [2.45, 2.75) is 17.9 Å². The molecule has 0 N–H and O–H groups in total. The van der Waals surface area contributed by atoms with E-state index < -0.39 is 15.8 Å². The van der Waals surface area contributed by atoms with Gasteiger partial charge in [-0.25, -0.2) is 13.2 Å². The molecule has 0 radical (unpaired) electrons. The number of ether oxygens (including phenoxy) is 3. The Morgan fingerprint density at radius 2 is 1.93 bits per heavy atom. The summed E-state index contributed by atoms with van der Waals surface area (Å²) in [6.45, 7) is 1.27. The number of carbonyl (C=O) groups excluding carboxylic acids is 1. The van der Waals surface area contributed by atoms with E-state index in [1.165, 1.54) is 13.4 Å². The van der Waals surface area contributed by atoms with Crippen molar-refractivity contribution in [3.63, 3.8) is 0 Å². The van der Waals surface area contributed by atoms with Crippen LogP contribution in [-0.4, -0.2) is 53.2 Å². The van der Waals surface area contributed by atoms with Crippen molar-refractivity contribution in [2.24, 2.45) is 4.99 Å². The Morgan fingerprint density at radius 3 is 2.52 bits per heavy atom. The van der Waals surface area contributed by atoms with E-state index in [1.54, 1.807) is 30.3 Å². The second kappa shape index (κ2) is 10.0. The van der Waals surface area contributed by atoms with Gasteiger partial charge in [0.05, 0.1) is 31.8 Å². The number of benzene rings is 1. The standard InChI is InChI=1S/C19H23NO6S/c1-24-19(21)14-26-17-7-5-16(6-8-17)20-11-12-25-13-15-3-9-18(10-4-15)27(2,22)23/h3-5,7-10H,6,11-14H2,1-2H3. The fraction of sp³-hybridized carbons (Fsp3) is 0.368. The summed E-state index contributed by atoms with van der Waals surface area (Å²) in [6, 6.07) is 6.64. The number of carbonyl (C=O) groups is 1. The van der Waals surface area contributed by atoms with Gasteiger partial charge in [0.2, 0.25) is 0 Å². The van der Waals surface area contributed by atoms with Crippen LogP contribution in [0.25, 0.3) is 0 Å². The van der Waals surface area contributed by atoms with E-state index >= 15 is 0 Å². The summed E-state index contributed by atoms with van der Waals surface area (Å²) < 4.78 is 38.2. The number of sulfone groups is 1. The molecular weight excluding hydrogens is 370 g/mol. The van der Waals surface area contributed by atoms with Crippen molar-refractivity contribution in [3.05, 3.63) is 53.8 Å². The number of aliphatic imine (C=N–C) groups is 1. The lowest BCUT2D eigenvalue weighted by atomic mass is 10.1. The second-order valence-corrected chi connectivity index (χ2v) is 7.87. The second-order valence-electron chi connectivity index (χ2n) is 5.85. The zero-order chi connectivity index (χ0) is 19.7. The van der Waals surface area contributed by atoms with Crippen molar-refractivity contribution in [3.8, 4) is 0 Å². The number of hydrogen-bond acceptors (Lipinski definition) is 7. The molecule has 0 saturated carbocycles. The van der Waals surface area contributed by atoms with Crippen LogP contribution in [0, 0.1) is 0 Å². The fourth-order valence-electron chi connectivity index (χ4n) is 2.22. The van der Waals surface area contributed by atoms with E-state index in [9.17, 15) is 13.2 Å². The highest BCUT2D eigenvalue weighted by Gasteiger charge is 2.07. The minimum Gasteiger partial charge on any atom is -0.482 e. The van der Waals surface area contributed by atoms with Crippen molar-refractivity contribution in [1.82, 2.24) is 0 Å². The molecule has 146 valence electrons. The quantitative estimate of drug-likeness (QED) is 0.471. The molecular formula is C19H23NO6S. The van der Waals surface area contributed by atoms with Gasteiger partial charge in [-0.1, -0.05) is 12.1 Å². The van der Waals surface area contributed by atoms with Gasteiger partial charge < -0.3 is 14.2 Å². The van der Waals surface area contributed by atoms with Gasteiger partial charge in [0.15, 0.2) is 16.4 Å². The summed E-state index contributed by atoms with van der Waals surface area (Å²) in [5.74, 6) is 0.194. The normalized spacial score (nSPS) is 15.5. The number of nitrogens with zero attached hydrogens (tertiary/aromatic N) is 1. The number of rotatable bonds is 9. The van der Waals surface area contributed by atoms with Crippen LogP contribution in [0.4, 0.5) is 0 Å². The monoisotopic (exact) mass is 393 g/mol. The molecule has 0 atom stereocenters. The molecule has 0 fully saturated rings. The Hall–Kier alpha value is -2.45. The Kier molecular flexibility index (Phi) is 7.75. The third-order valence-corrected chi connectivity index (χ3v) is 4.84. The predicted molar refractivity (Wildman–Crippen MR) is 101 cm³/mol. The van der Waals surface area contributed by atoms with Crippen LogP contribution in [0.3, 0.4) is 0 Å². The van der Waals surface area contributed by atoms with Gasteiger partial charge in [-0.05, 0) is 35.9 Å². The van der Waals surface area contributed by atoms with Crippen LogP contribution in [0.2, 0.25) is 0 Å². The van der Waals surface area contributed by atoms with Gasteiger partial charge in [-0.3, -0.25) is 4.99 Å². The van der Waals surface area contributed by atoms with Crippen LogP contribution in [-0.2, 0) is 35.4 Å². The molecule has 7 nitrogen and oxygen atoms in total. The number of esters is 1. The number of allylic oxidation sites excluding steroid dienone is 3. The Balaban J connectivity index is 1.68. The first-order valence-electron chi connectivity index (χ1n) is 8.36. The largest absolute Gasteiger partial charge is 0.482 e. The highest BCUT2D eigenvalue weighted by atomic mass is 32.2. The van der Waals surface area contributed by atoms with Crippen LogP contribution < -0.4 is 0 Å². The van der Waals surface area contributed by atoms with Crippen LogP contribution >= 0.6 is 0 Å². The maximum Gasteiger partial charge on any atom is 0.343 e. The third kappa shape index (κ3) is 7.36. The van der Waals surface area contributed by atoms with Gasteiger partial charge in [-0.2, -0.15) is 0 Å². The van der Waals surface area contributed by atoms with E-state index in [4.69, 9.17) is 9.47 Å². The number of methoxy groups -OCH3 is 1. The fourth-order valence-corrected chi connectivity index (χ4v) is 2.85. The minimum atomic E-state index is -3.18. The molecule has 1 aliphatic rings. The number of hydrogen-bond donors (Lipinski definition) is 0. The molecule has 0 aromatic heterocycles. The third-order valence-electron chi connectivity index (χ3n) is 3.71. The smallest absolute Gasteiger partial charge is 0.343 e. The van der Waals surface area contributed by atoms with Gasteiger partial charge in [0, 0.05) is 18.4 Å². The zero-order valence-corrected chi connectivity index (χ0v) is 16.2. The summed E-state index contributed by atoms with van der Waals surface area (Å²) in [6.07, 6.45) is 7.26. The minimum absolute atomic E-state index is 0.113. The molecule has 0 aliphatic heterocycles. The van der Waals surface area contributed by atoms with E-state index in [0.29, 0.717) is 36.8 Å². The average molecular weight is 393 g/mol. The van der Waals surface area contributed by atoms with Crippen LogP contribution in [0.5, 0.6) is 0 Å². The van der Waals surface area contributed by atoms with E-state index in [1.807, 2.05) is 12.2 Å². The molecule has 0 unspecified atom stereocenters. The maximum absolute atomic E-state index is 11.4. The van der Waals surface area contributed by atoms with Crippen LogP contribution in [0.15, 0.2) is 58.1 Å². The molecule has 1 aromatic rings. The lowest BCUT2D eigenvalue weighted by Crippen LogP contribution is -2.11. The SMILES string of the molecule is COC(=O)COC1=CCC(=NCCOCc2ccc(S(C)(=O)=O)cc2)C=C1. The molecule has 0 heterocycles. The highest BCUT2D eigenvalue weighted by molar-refractivity contribution is 7.90. The first kappa shape index (κ1) is 20.9. The topological polar surface area (TPSA) is 91.3 Å². The first-order valence-corrected chi connectivity index (χ1v) is 10.3. The summed E-state index contributed by atoms with van der Waals surface area (Å²) in [4.78, 5) is 15.8. The maximum atomic E-state index is 11.4. The Bertz CT molecular complexity index is 837. The molecule has 8 heteroatoms.